The largest absolute Gasteiger partial charge is 0.458 e. The van der Waals surface area contributed by atoms with E-state index in [-0.39, 0.29) is 16.3 Å². The quantitative estimate of drug-likeness (QED) is 0.249. The summed E-state index contributed by atoms with van der Waals surface area (Å²) in [6, 6.07) is 7.12. The van der Waals surface area contributed by atoms with E-state index in [0.29, 0.717) is 11.1 Å². The zero-order valence-electron chi connectivity index (χ0n) is 14.8. The Kier molecular flexibility index (Phi) is 5.38. The summed E-state index contributed by atoms with van der Waals surface area (Å²) in [5, 5.41) is -0.0766. The predicted molar refractivity (Wildman–Crippen MR) is 96.8 cm³/mol. The van der Waals surface area contributed by atoms with Gasteiger partial charge in [-0.15, -0.1) is 0 Å². The first-order valence-electron chi connectivity index (χ1n) is 8.20. The van der Waals surface area contributed by atoms with E-state index >= 15 is 0 Å². The minimum atomic E-state index is -4.89. The molecule has 0 atom stereocenters. The van der Waals surface area contributed by atoms with E-state index < -0.39 is 35.0 Å². The van der Waals surface area contributed by atoms with Crippen molar-refractivity contribution in [2.24, 2.45) is 0 Å². The van der Waals surface area contributed by atoms with Gasteiger partial charge in [0.1, 0.15) is 23.3 Å². The number of benzene rings is 3. The molecule has 0 bridgehead atoms. The van der Waals surface area contributed by atoms with Crippen LogP contribution in [0.1, 0.15) is 22.3 Å². The van der Waals surface area contributed by atoms with Crippen molar-refractivity contribution in [3.05, 3.63) is 81.9 Å². The zero-order chi connectivity index (χ0) is 21.3. The Labute approximate surface area is 161 Å². The normalized spacial score (nSPS) is 11.7. The molecule has 0 amide bonds. The minimum Gasteiger partial charge on any atom is -0.206 e. The van der Waals surface area contributed by atoms with Gasteiger partial charge in [0.05, 0.1) is 5.56 Å². The van der Waals surface area contributed by atoms with Gasteiger partial charge in [0, 0.05) is 16.9 Å². The molecule has 0 heterocycles. The predicted octanol–water partition coefficient (Wildman–Crippen LogP) is 6.79. The van der Waals surface area contributed by atoms with Gasteiger partial charge in [-0.3, -0.25) is 0 Å². The summed E-state index contributed by atoms with van der Waals surface area (Å²) in [5.41, 5.74) is -0.462. The van der Waals surface area contributed by atoms with Gasteiger partial charge < -0.3 is 0 Å². The molecule has 0 aliphatic carbocycles. The highest BCUT2D eigenvalue weighted by molar-refractivity contribution is 5.88. The van der Waals surface area contributed by atoms with E-state index in [1.807, 2.05) is 0 Å². The molecule has 0 spiro atoms. The molecule has 0 unspecified atom stereocenters. The third-order valence-electron chi connectivity index (χ3n) is 4.05. The summed E-state index contributed by atoms with van der Waals surface area (Å²) < 4.78 is 92.8. The van der Waals surface area contributed by atoms with Crippen molar-refractivity contribution in [1.82, 2.24) is 0 Å². The maximum Gasteiger partial charge on any atom is 0.458 e. The van der Waals surface area contributed by atoms with Crippen molar-refractivity contribution in [3.63, 3.8) is 0 Å². The Balaban J connectivity index is 2.02. The monoisotopic (exact) mass is 408 g/mol. The average Bonchev–Trinajstić information content (AvgIpc) is 2.59. The van der Waals surface area contributed by atoms with Crippen LogP contribution in [-0.2, 0) is 0 Å². The molecule has 0 aliphatic rings. The molecule has 7 heteroatoms. The third-order valence-corrected chi connectivity index (χ3v) is 4.05. The van der Waals surface area contributed by atoms with E-state index in [1.165, 1.54) is 36.3 Å². The molecule has 29 heavy (non-hydrogen) atoms. The first-order valence-corrected chi connectivity index (χ1v) is 8.20. The highest BCUT2D eigenvalue weighted by atomic mass is 19.4. The third kappa shape index (κ3) is 4.60. The molecule has 0 fully saturated rings. The van der Waals surface area contributed by atoms with Crippen LogP contribution in [0.5, 0.6) is 0 Å². The second-order valence-corrected chi connectivity index (χ2v) is 6.25. The van der Waals surface area contributed by atoms with Gasteiger partial charge in [-0.2, -0.15) is 13.2 Å². The molecule has 0 nitrogen and oxygen atoms in total. The zero-order valence-corrected chi connectivity index (χ0v) is 14.8. The highest BCUT2D eigenvalue weighted by Gasteiger charge is 2.24. The molecule has 0 saturated heterocycles. The molecular weight excluding hydrogens is 397 g/mol. The number of halogens is 7. The lowest BCUT2D eigenvalue weighted by Gasteiger charge is -2.06. The highest BCUT2D eigenvalue weighted by Crippen LogP contribution is 2.26. The second-order valence-electron chi connectivity index (χ2n) is 6.25. The van der Waals surface area contributed by atoms with Crippen LogP contribution in [0.3, 0.4) is 0 Å². The molecule has 0 N–H and O–H groups in total. The number of rotatable bonds is 2. The van der Waals surface area contributed by atoms with Crippen LogP contribution in [0.25, 0.3) is 22.9 Å². The molecule has 148 valence electrons. The number of fused-ring (bicyclic) bond motifs is 1. The van der Waals surface area contributed by atoms with Gasteiger partial charge in [-0.1, -0.05) is 24.1 Å². The average molecular weight is 408 g/mol. The SMILES string of the molecule is Cc1cc(F)c(/C=C/c2ccc3c(F)c(C#CC(F)(F)F)c(F)cc3c2)c(F)c1. The van der Waals surface area contributed by atoms with Gasteiger partial charge in [0.25, 0.3) is 0 Å². The van der Waals surface area contributed by atoms with Crippen LogP contribution < -0.4 is 0 Å². The van der Waals surface area contributed by atoms with E-state index in [9.17, 15) is 30.7 Å². The number of aryl methyl sites for hydroxylation is 1. The van der Waals surface area contributed by atoms with Crippen LogP contribution in [0.15, 0.2) is 36.4 Å². The fourth-order valence-electron chi connectivity index (χ4n) is 2.75. The molecule has 0 saturated carbocycles. The lowest BCUT2D eigenvalue weighted by atomic mass is 10.0. The van der Waals surface area contributed by atoms with Gasteiger partial charge in [0.15, 0.2) is 0 Å². The molecule has 0 radical (unpaired) electrons. The Morgan fingerprint density at radius 2 is 1.48 bits per heavy atom. The summed E-state index contributed by atoms with van der Waals surface area (Å²) in [6.45, 7) is 1.54. The van der Waals surface area contributed by atoms with Gasteiger partial charge in [0.2, 0.25) is 0 Å². The molecule has 0 aliphatic heterocycles. The van der Waals surface area contributed by atoms with E-state index in [0.717, 1.165) is 24.1 Å². The Morgan fingerprint density at radius 3 is 2.10 bits per heavy atom. The second kappa shape index (κ2) is 7.63. The Bertz CT molecular complexity index is 1170. The summed E-state index contributed by atoms with van der Waals surface area (Å²) in [7, 11) is 0. The van der Waals surface area contributed by atoms with Crippen molar-refractivity contribution in [3.8, 4) is 11.8 Å². The number of hydrogen-bond donors (Lipinski definition) is 0. The lowest BCUT2D eigenvalue weighted by molar-refractivity contribution is -0.0696. The summed E-state index contributed by atoms with van der Waals surface area (Å²) in [6.07, 6.45) is -2.35. The van der Waals surface area contributed by atoms with Crippen LogP contribution in [0, 0.1) is 42.0 Å². The van der Waals surface area contributed by atoms with E-state index in [2.05, 4.69) is 0 Å². The topological polar surface area (TPSA) is 0 Å². The fourth-order valence-corrected chi connectivity index (χ4v) is 2.75. The first kappa shape index (κ1) is 20.5. The van der Waals surface area contributed by atoms with Crippen molar-refractivity contribution in [2.45, 2.75) is 13.1 Å². The summed E-state index contributed by atoms with van der Waals surface area (Å²) in [5.74, 6) is -1.68. The standard InChI is InChI=1S/C22H11F7/c1-12-8-18(23)16(19(24)9-12)5-3-13-2-4-15-14(10-13)11-20(25)17(21(15)26)6-7-22(27,28)29/h2-5,8-11H,1H3/b5-3+. The first-order chi connectivity index (χ1) is 13.5. The minimum absolute atomic E-state index is 0.0598. The van der Waals surface area contributed by atoms with Gasteiger partial charge >= 0.3 is 6.18 Å². The Hall–Kier alpha value is -3.27. The Morgan fingerprint density at radius 1 is 0.828 bits per heavy atom. The van der Waals surface area contributed by atoms with Crippen LogP contribution >= 0.6 is 0 Å². The molecule has 3 aromatic rings. The van der Waals surface area contributed by atoms with E-state index in [1.54, 1.807) is 6.92 Å². The van der Waals surface area contributed by atoms with Gasteiger partial charge in [-0.05, 0) is 53.8 Å². The molecule has 3 rings (SSSR count). The summed E-state index contributed by atoms with van der Waals surface area (Å²) in [4.78, 5) is 0. The smallest absolute Gasteiger partial charge is 0.206 e. The maximum atomic E-state index is 14.4. The van der Waals surface area contributed by atoms with Crippen LogP contribution in [-0.4, -0.2) is 6.18 Å². The van der Waals surface area contributed by atoms with E-state index in [4.69, 9.17) is 0 Å². The molecular formula is C22H11F7. The fraction of sp³-hybridized carbons (Fsp3) is 0.0909. The van der Waals surface area contributed by atoms with Crippen molar-refractivity contribution in [1.29, 1.82) is 0 Å². The molecule has 3 aromatic carbocycles. The lowest BCUT2D eigenvalue weighted by Crippen LogP contribution is -2.02. The van der Waals surface area contributed by atoms with Crippen molar-refractivity contribution < 1.29 is 30.7 Å². The molecule has 0 aromatic heterocycles. The maximum absolute atomic E-state index is 14.4. The number of alkyl halides is 3. The summed E-state index contributed by atoms with van der Waals surface area (Å²) >= 11 is 0. The van der Waals surface area contributed by atoms with Crippen LogP contribution in [0.4, 0.5) is 30.7 Å². The van der Waals surface area contributed by atoms with Crippen molar-refractivity contribution in [2.75, 3.05) is 0 Å². The van der Waals surface area contributed by atoms with Gasteiger partial charge in [-0.25, -0.2) is 17.6 Å². The van der Waals surface area contributed by atoms with Crippen LogP contribution in [0.2, 0.25) is 0 Å². The van der Waals surface area contributed by atoms with Crippen molar-refractivity contribution >= 4 is 22.9 Å². The number of hydrogen-bond acceptors (Lipinski definition) is 0.